The molecule has 0 aliphatic carbocycles. The van der Waals surface area contributed by atoms with Gasteiger partial charge in [0.2, 0.25) is 0 Å². The summed E-state index contributed by atoms with van der Waals surface area (Å²) in [6.45, 7) is 3.79. The number of rotatable bonds is 9. The molecule has 0 aliphatic heterocycles. The molecule has 0 bridgehead atoms. The van der Waals surface area contributed by atoms with Gasteiger partial charge in [-0.2, -0.15) is 8.42 Å². The van der Waals surface area contributed by atoms with Crippen LogP contribution in [0, 0.1) is 5.92 Å². The van der Waals surface area contributed by atoms with Gasteiger partial charge in [-0.3, -0.25) is 13.5 Å². The zero-order valence-electron chi connectivity index (χ0n) is 18.0. The summed E-state index contributed by atoms with van der Waals surface area (Å²) < 4.78 is 34.1. The quantitative estimate of drug-likeness (QED) is 0.369. The molecule has 164 valence electrons. The number of nitrogens with zero attached hydrogens (tertiary/aromatic N) is 2. The molecular weight excluding hydrogens is 416 g/mol. The molecule has 3 aromatic rings. The number of hydrogen-bond donors (Lipinski definition) is 0. The lowest BCUT2D eigenvalue weighted by Gasteiger charge is -2.10. The fourth-order valence-electron chi connectivity index (χ4n) is 3.07. The molecule has 31 heavy (non-hydrogen) atoms. The van der Waals surface area contributed by atoms with E-state index in [-0.39, 0.29) is 18.3 Å². The number of benzene rings is 2. The maximum atomic E-state index is 12.6. The van der Waals surface area contributed by atoms with Crippen LogP contribution in [0.3, 0.4) is 0 Å². The molecule has 8 heteroatoms. The monoisotopic (exact) mass is 442 g/mol. The van der Waals surface area contributed by atoms with E-state index in [9.17, 15) is 13.2 Å². The lowest BCUT2D eigenvalue weighted by molar-refractivity contribution is 0.0935. The molecule has 0 saturated carbocycles. The summed E-state index contributed by atoms with van der Waals surface area (Å²) >= 11 is 0. The van der Waals surface area contributed by atoms with E-state index >= 15 is 0 Å². The normalized spacial score (nSPS) is 11.6. The van der Waals surface area contributed by atoms with E-state index < -0.39 is 10.1 Å². The number of hydrogen-bond acceptors (Lipinski definition) is 6. The summed E-state index contributed by atoms with van der Waals surface area (Å²) in [5.74, 6) is 1.20. The smallest absolute Gasteiger partial charge is 0.264 e. The van der Waals surface area contributed by atoms with Crippen LogP contribution in [0.5, 0.6) is 5.75 Å². The van der Waals surface area contributed by atoms with Crippen LogP contribution in [-0.4, -0.2) is 43.7 Å². The first-order chi connectivity index (χ1) is 14.7. The van der Waals surface area contributed by atoms with Crippen molar-refractivity contribution in [1.82, 2.24) is 9.55 Å². The molecule has 0 unspecified atom stereocenters. The number of carbonyl (C=O) groups excluding carboxylic acids is 1. The predicted octanol–water partition coefficient (Wildman–Crippen LogP) is 3.91. The van der Waals surface area contributed by atoms with Gasteiger partial charge in [-0.05, 0) is 48.4 Å². The van der Waals surface area contributed by atoms with E-state index in [1.54, 1.807) is 13.3 Å². The second-order valence-corrected chi connectivity index (χ2v) is 9.15. The molecule has 0 saturated heterocycles. The Kier molecular flexibility index (Phi) is 6.92. The first-order valence-electron chi connectivity index (χ1n) is 9.89. The largest absolute Gasteiger partial charge is 0.497 e. The van der Waals surface area contributed by atoms with Crippen LogP contribution in [0.15, 0.2) is 54.7 Å². The van der Waals surface area contributed by atoms with Crippen molar-refractivity contribution in [3.05, 3.63) is 66.0 Å². The van der Waals surface area contributed by atoms with Gasteiger partial charge in [-0.1, -0.05) is 26.0 Å². The summed E-state index contributed by atoms with van der Waals surface area (Å²) in [5, 5.41) is 0. The van der Waals surface area contributed by atoms with E-state index in [2.05, 4.69) is 4.98 Å². The molecule has 7 nitrogen and oxygen atoms in total. The van der Waals surface area contributed by atoms with Crippen LogP contribution in [0.25, 0.3) is 17.1 Å². The highest BCUT2D eigenvalue weighted by molar-refractivity contribution is 7.85. The van der Waals surface area contributed by atoms with Crippen molar-refractivity contribution in [3.8, 4) is 22.8 Å². The van der Waals surface area contributed by atoms with Crippen molar-refractivity contribution < 1.29 is 22.1 Å². The van der Waals surface area contributed by atoms with Gasteiger partial charge in [-0.15, -0.1) is 0 Å². The maximum Gasteiger partial charge on any atom is 0.264 e. The number of methoxy groups -OCH3 is 1. The van der Waals surface area contributed by atoms with E-state index in [0.717, 1.165) is 28.8 Å². The van der Waals surface area contributed by atoms with E-state index in [4.69, 9.17) is 8.92 Å². The molecule has 0 aliphatic rings. The molecule has 2 aromatic carbocycles. The molecule has 0 N–H and O–H groups in total. The molecule has 1 heterocycles. The van der Waals surface area contributed by atoms with Gasteiger partial charge in [-0.25, -0.2) is 4.98 Å². The minimum atomic E-state index is -3.45. The Morgan fingerprint density at radius 2 is 1.71 bits per heavy atom. The average Bonchev–Trinajstić information content (AvgIpc) is 3.18. The maximum absolute atomic E-state index is 12.6. The van der Waals surface area contributed by atoms with Crippen molar-refractivity contribution >= 4 is 15.9 Å². The fourth-order valence-corrected chi connectivity index (χ4v) is 3.46. The van der Waals surface area contributed by atoms with Gasteiger partial charge in [0.1, 0.15) is 17.3 Å². The van der Waals surface area contributed by atoms with Gasteiger partial charge in [0.25, 0.3) is 10.1 Å². The second kappa shape index (κ2) is 9.45. The first kappa shape index (κ1) is 22.7. The summed E-state index contributed by atoms with van der Waals surface area (Å²) in [6, 6.07) is 15.1. The lowest BCUT2D eigenvalue weighted by Crippen LogP contribution is -2.07. The van der Waals surface area contributed by atoms with Crippen molar-refractivity contribution in [2.45, 2.75) is 20.3 Å². The lowest BCUT2D eigenvalue weighted by atomic mass is 10.1. The SMILES string of the molecule is COc1ccc(-c2nc(C(=O)C(C)C)cn2-c2ccc(CCOS(C)(=O)=O)cc2)cc1. The number of Topliss-reactive ketones (excluding diaryl/α,β-unsaturated/α-hetero) is 1. The molecular formula is C23H26N2O5S. The molecule has 0 fully saturated rings. The van der Waals surface area contributed by atoms with Crippen molar-refractivity contribution in [2.24, 2.45) is 5.92 Å². The Hall–Kier alpha value is -2.97. The summed E-state index contributed by atoms with van der Waals surface area (Å²) in [4.78, 5) is 17.2. The number of ether oxygens (including phenoxy) is 1. The third-order valence-electron chi connectivity index (χ3n) is 4.73. The number of carbonyl (C=O) groups is 1. The summed E-state index contributed by atoms with van der Waals surface area (Å²) in [7, 11) is -1.84. The average molecular weight is 443 g/mol. The highest BCUT2D eigenvalue weighted by Gasteiger charge is 2.19. The minimum absolute atomic E-state index is 0.0249. The second-order valence-electron chi connectivity index (χ2n) is 7.51. The Labute approximate surface area is 182 Å². The molecule has 0 spiro atoms. The van der Waals surface area contributed by atoms with Crippen LogP contribution in [0.4, 0.5) is 0 Å². The van der Waals surface area contributed by atoms with Gasteiger partial charge < -0.3 is 4.74 Å². The van der Waals surface area contributed by atoms with E-state index in [1.165, 1.54) is 0 Å². The van der Waals surface area contributed by atoms with Crippen molar-refractivity contribution in [1.29, 1.82) is 0 Å². The molecule has 0 atom stereocenters. The Balaban J connectivity index is 1.93. The number of ketones is 1. The predicted molar refractivity (Wildman–Crippen MR) is 119 cm³/mol. The molecule has 0 radical (unpaired) electrons. The van der Waals surface area contributed by atoms with Gasteiger partial charge >= 0.3 is 0 Å². The standard InChI is InChI=1S/C23H26N2O5S/c1-16(2)22(26)21-15-25(23(24-21)18-7-11-20(29-3)12-8-18)19-9-5-17(6-10-19)13-14-30-31(4,27)28/h5-12,15-16H,13-14H2,1-4H3. The first-order valence-corrected chi connectivity index (χ1v) is 11.7. The topological polar surface area (TPSA) is 87.5 Å². The van der Waals surface area contributed by atoms with Crippen LogP contribution < -0.4 is 4.74 Å². The van der Waals surface area contributed by atoms with Crippen molar-refractivity contribution in [2.75, 3.05) is 20.0 Å². The van der Waals surface area contributed by atoms with Crippen LogP contribution >= 0.6 is 0 Å². The summed E-state index contributed by atoms with van der Waals surface area (Å²) in [6.07, 6.45) is 3.26. The molecule has 3 rings (SSSR count). The van der Waals surface area contributed by atoms with Crippen LogP contribution in [0.1, 0.15) is 29.9 Å². The Bertz CT molecular complexity index is 1150. The van der Waals surface area contributed by atoms with Gasteiger partial charge in [0.15, 0.2) is 5.78 Å². The zero-order chi connectivity index (χ0) is 22.6. The molecule has 1 aromatic heterocycles. The van der Waals surface area contributed by atoms with Gasteiger partial charge in [0, 0.05) is 23.4 Å². The number of aromatic nitrogens is 2. The van der Waals surface area contributed by atoms with Crippen molar-refractivity contribution in [3.63, 3.8) is 0 Å². The third-order valence-corrected chi connectivity index (χ3v) is 5.33. The van der Waals surface area contributed by atoms with Crippen LogP contribution in [0.2, 0.25) is 0 Å². The summed E-state index contributed by atoms with van der Waals surface area (Å²) in [5.41, 5.74) is 3.05. The third kappa shape index (κ3) is 5.80. The number of imidazole rings is 1. The minimum Gasteiger partial charge on any atom is -0.497 e. The van der Waals surface area contributed by atoms with Crippen LogP contribution in [-0.2, 0) is 20.7 Å². The highest BCUT2D eigenvalue weighted by Crippen LogP contribution is 2.26. The fraction of sp³-hybridized carbons (Fsp3) is 0.304. The van der Waals surface area contributed by atoms with E-state index in [0.29, 0.717) is 17.9 Å². The zero-order valence-corrected chi connectivity index (χ0v) is 18.8. The molecule has 0 amide bonds. The van der Waals surface area contributed by atoms with E-state index in [1.807, 2.05) is 66.9 Å². The highest BCUT2D eigenvalue weighted by atomic mass is 32.2. The van der Waals surface area contributed by atoms with Gasteiger partial charge in [0.05, 0.1) is 20.0 Å². The Morgan fingerprint density at radius 1 is 1.06 bits per heavy atom. The Morgan fingerprint density at radius 3 is 2.26 bits per heavy atom.